The molecule has 5 nitrogen and oxygen atoms in total. The number of hydrogen-bond acceptors (Lipinski definition) is 3. The number of carbonyl (C=O) groups is 1. The van der Waals surface area contributed by atoms with Crippen LogP contribution in [0.4, 0.5) is 10.5 Å². The molecule has 2 amide bonds. The van der Waals surface area contributed by atoms with Crippen molar-refractivity contribution in [3.63, 3.8) is 0 Å². The Hall–Kier alpha value is -1.59. The van der Waals surface area contributed by atoms with Crippen LogP contribution in [0.3, 0.4) is 0 Å². The van der Waals surface area contributed by atoms with Crippen molar-refractivity contribution in [1.82, 2.24) is 10.2 Å². The van der Waals surface area contributed by atoms with Crippen LogP contribution in [-0.2, 0) is 6.54 Å². The lowest BCUT2D eigenvalue weighted by Crippen LogP contribution is -2.36. The number of hydrogen-bond donors (Lipinski definition) is 3. The van der Waals surface area contributed by atoms with E-state index < -0.39 is 6.10 Å². The fourth-order valence-electron chi connectivity index (χ4n) is 3.51. The molecule has 0 heterocycles. The molecule has 2 rings (SSSR count). The first-order chi connectivity index (χ1) is 12.1. The first-order valence-electron chi connectivity index (χ1n) is 9.61. The number of anilines is 1. The number of aliphatic hydroxyl groups excluding tert-OH is 1. The Morgan fingerprint density at radius 3 is 2.72 bits per heavy atom. The van der Waals surface area contributed by atoms with E-state index in [2.05, 4.69) is 28.6 Å². The molecule has 1 fully saturated rings. The van der Waals surface area contributed by atoms with E-state index in [4.69, 9.17) is 0 Å². The molecule has 1 unspecified atom stereocenters. The zero-order chi connectivity index (χ0) is 18.1. The lowest BCUT2D eigenvalue weighted by atomic mass is 9.94. The van der Waals surface area contributed by atoms with Crippen LogP contribution < -0.4 is 10.6 Å². The Balaban J connectivity index is 1.89. The van der Waals surface area contributed by atoms with Crippen LogP contribution >= 0.6 is 0 Å². The summed E-state index contributed by atoms with van der Waals surface area (Å²) in [4.78, 5) is 14.5. The van der Waals surface area contributed by atoms with E-state index in [1.807, 2.05) is 25.1 Å². The summed E-state index contributed by atoms with van der Waals surface area (Å²) in [5.74, 6) is 0. The molecule has 1 saturated carbocycles. The van der Waals surface area contributed by atoms with E-state index in [1.165, 1.54) is 32.1 Å². The minimum atomic E-state index is -0.483. The summed E-state index contributed by atoms with van der Waals surface area (Å²) < 4.78 is 0. The molecule has 1 atom stereocenters. The molecule has 0 radical (unpaired) electrons. The van der Waals surface area contributed by atoms with E-state index in [0.717, 1.165) is 24.2 Å². The van der Waals surface area contributed by atoms with Crippen molar-refractivity contribution in [2.75, 3.05) is 18.9 Å². The van der Waals surface area contributed by atoms with Crippen LogP contribution in [0, 0.1) is 0 Å². The maximum atomic E-state index is 12.1. The Kier molecular flexibility index (Phi) is 8.22. The van der Waals surface area contributed by atoms with Gasteiger partial charge in [-0.2, -0.15) is 0 Å². The highest BCUT2D eigenvalue weighted by atomic mass is 16.3. The van der Waals surface area contributed by atoms with Crippen LogP contribution in [-0.4, -0.2) is 41.8 Å². The first-order valence-corrected chi connectivity index (χ1v) is 9.61. The van der Waals surface area contributed by atoms with Gasteiger partial charge in [0.15, 0.2) is 0 Å². The van der Waals surface area contributed by atoms with Gasteiger partial charge in [0, 0.05) is 24.8 Å². The van der Waals surface area contributed by atoms with Gasteiger partial charge in [0.1, 0.15) is 0 Å². The number of amides is 2. The average Bonchev–Trinajstić information content (AvgIpc) is 2.62. The molecule has 0 aliphatic heterocycles. The molecule has 0 spiro atoms. The maximum Gasteiger partial charge on any atom is 0.319 e. The highest BCUT2D eigenvalue weighted by Crippen LogP contribution is 2.24. The van der Waals surface area contributed by atoms with E-state index in [-0.39, 0.29) is 12.6 Å². The number of carbonyl (C=O) groups excluding carboxylic acids is 1. The van der Waals surface area contributed by atoms with Crippen LogP contribution in [0.15, 0.2) is 24.3 Å². The summed E-state index contributed by atoms with van der Waals surface area (Å²) in [6.07, 6.45) is 7.64. The van der Waals surface area contributed by atoms with Crippen molar-refractivity contribution >= 4 is 11.7 Å². The predicted octanol–water partition coefficient (Wildman–Crippen LogP) is 3.73. The number of nitrogens with one attached hydrogen (secondary N) is 2. The Morgan fingerprint density at radius 1 is 1.28 bits per heavy atom. The topological polar surface area (TPSA) is 64.6 Å². The Morgan fingerprint density at radius 2 is 2.00 bits per heavy atom. The van der Waals surface area contributed by atoms with Crippen molar-refractivity contribution in [3.8, 4) is 0 Å². The number of nitrogens with zero attached hydrogens (tertiary/aromatic N) is 1. The number of benzene rings is 1. The quantitative estimate of drug-likeness (QED) is 0.671. The van der Waals surface area contributed by atoms with E-state index in [0.29, 0.717) is 12.5 Å². The summed E-state index contributed by atoms with van der Waals surface area (Å²) in [7, 11) is 2.17. The van der Waals surface area contributed by atoms with Crippen molar-refractivity contribution < 1.29 is 9.90 Å². The molecule has 0 aromatic heterocycles. The second-order valence-electron chi connectivity index (χ2n) is 7.14. The van der Waals surface area contributed by atoms with Gasteiger partial charge in [0.25, 0.3) is 0 Å². The molecule has 3 N–H and O–H groups in total. The van der Waals surface area contributed by atoms with Gasteiger partial charge in [0.2, 0.25) is 0 Å². The SMILES string of the molecule is CCCC(O)CNC(=O)Nc1ccccc1CN(C)C1CCCCC1. The molecule has 1 aromatic rings. The highest BCUT2D eigenvalue weighted by molar-refractivity contribution is 5.90. The van der Waals surface area contributed by atoms with Crippen LogP contribution in [0.1, 0.15) is 57.4 Å². The van der Waals surface area contributed by atoms with Gasteiger partial charge in [-0.15, -0.1) is 0 Å². The molecule has 1 aromatic carbocycles. The van der Waals surface area contributed by atoms with Crippen molar-refractivity contribution in [2.24, 2.45) is 0 Å². The average molecular weight is 348 g/mol. The number of urea groups is 1. The van der Waals surface area contributed by atoms with Gasteiger partial charge in [-0.25, -0.2) is 4.79 Å². The summed E-state index contributed by atoms with van der Waals surface area (Å²) in [5.41, 5.74) is 1.97. The molecule has 140 valence electrons. The Labute approximate surface area is 151 Å². The zero-order valence-corrected chi connectivity index (χ0v) is 15.6. The number of rotatable bonds is 8. The highest BCUT2D eigenvalue weighted by Gasteiger charge is 2.19. The molecule has 1 aliphatic rings. The lowest BCUT2D eigenvalue weighted by Gasteiger charge is -2.31. The normalized spacial score (nSPS) is 16.6. The summed E-state index contributed by atoms with van der Waals surface area (Å²) in [6, 6.07) is 8.33. The summed E-state index contributed by atoms with van der Waals surface area (Å²) >= 11 is 0. The minimum absolute atomic E-state index is 0.261. The van der Waals surface area contributed by atoms with Gasteiger partial charge in [-0.1, -0.05) is 50.8 Å². The second kappa shape index (κ2) is 10.4. The van der Waals surface area contributed by atoms with Gasteiger partial charge < -0.3 is 15.7 Å². The molecular formula is C20H33N3O2. The number of para-hydroxylation sites is 1. The molecule has 25 heavy (non-hydrogen) atoms. The third-order valence-electron chi connectivity index (χ3n) is 5.00. The molecular weight excluding hydrogens is 314 g/mol. The lowest BCUT2D eigenvalue weighted by molar-refractivity contribution is 0.162. The zero-order valence-electron chi connectivity index (χ0n) is 15.6. The smallest absolute Gasteiger partial charge is 0.319 e. The van der Waals surface area contributed by atoms with Crippen LogP contribution in [0.5, 0.6) is 0 Å². The minimum Gasteiger partial charge on any atom is -0.391 e. The van der Waals surface area contributed by atoms with Gasteiger partial charge in [-0.3, -0.25) is 4.90 Å². The number of aliphatic hydroxyl groups is 1. The van der Waals surface area contributed by atoms with Crippen molar-refractivity contribution in [1.29, 1.82) is 0 Å². The van der Waals surface area contributed by atoms with Crippen molar-refractivity contribution in [2.45, 2.75) is 70.6 Å². The van der Waals surface area contributed by atoms with Crippen LogP contribution in [0.2, 0.25) is 0 Å². The predicted molar refractivity (Wildman–Crippen MR) is 103 cm³/mol. The molecule has 0 saturated heterocycles. The van der Waals surface area contributed by atoms with Crippen LogP contribution in [0.25, 0.3) is 0 Å². The fourth-order valence-corrected chi connectivity index (χ4v) is 3.51. The van der Waals surface area contributed by atoms with Gasteiger partial charge >= 0.3 is 6.03 Å². The van der Waals surface area contributed by atoms with E-state index in [1.54, 1.807) is 0 Å². The third-order valence-corrected chi connectivity index (χ3v) is 5.00. The third kappa shape index (κ3) is 6.67. The Bertz CT molecular complexity index is 529. The monoisotopic (exact) mass is 347 g/mol. The fraction of sp³-hybridized carbons (Fsp3) is 0.650. The van der Waals surface area contributed by atoms with E-state index >= 15 is 0 Å². The molecule has 5 heteroatoms. The maximum absolute atomic E-state index is 12.1. The second-order valence-corrected chi connectivity index (χ2v) is 7.14. The largest absolute Gasteiger partial charge is 0.391 e. The van der Waals surface area contributed by atoms with E-state index in [9.17, 15) is 9.90 Å². The van der Waals surface area contributed by atoms with Gasteiger partial charge in [-0.05, 0) is 37.9 Å². The van der Waals surface area contributed by atoms with Gasteiger partial charge in [0.05, 0.1) is 6.10 Å². The first kappa shape index (κ1) is 19.7. The van der Waals surface area contributed by atoms with Crippen molar-refractivity contribution in [3.05, 3.63) is 29.8 Å². The molecule has 1 aliphatic carbocycles. The summed E-state index contributed by atoms with van der Waals surface area (Å²) in [6.45, 7) is 3.13. The molecule has 0 bridgehead atoms. The standard InChI is InChI=1S/C20H33N3O2/c1-3-9-18(24)14-21-20(25)22-19-13-8-7-10-16(19)15-23(2)17-11-5-4-6-12-17/h7-8,10,13,17-18,24H,3-6,9,11-12,14-15H2,1-2H3,(H2,21,22,25). The summed E-state index contributed by atoms with van der Waals surface area (Å²) in [5, 5.41) is 15.4.